The number of nitrogen functional groups attached to an aromatic ring is 1. The van der Waals surface area contributed by atoms with Gasteiger partial charge in [-0.2, -0.15) is 0 Å². The summed E-state index contributed by atoms with van der Waals surface area (Å²) in [5, 5.41) is 4.51. The molecule has 0 saturated heterocycles. The molecule has 0 fully saturated rings. The second kappa shape index (κ2) is 5.54. The van der Waals surface area contributed by atoms with E-state index in [-0.39, 0.29) is 0 Å². The Bertz CT molecular complexity index is 814. The van der Waals surface area contributed by atoms with Crippen LogP contribution in [0.15, 0.2) is 51.5 Å². The van der Waals surface area contributed by atoms with Crippen LogP contribution in [0.2, 0.25) is 5.02 Å². The van der Waals surface area contributed by atoms with Crippen LogP contribution in [0.25, 0.3) is 22.5 Å². The number of aryl methyl sites for hydroxylation is 1. The fourth-order valence-corrected chi connectivity index (χ4v) is 2.64. The zero-order valence-electron chi connectivity index (χ0n) is 11.2. The van der Waals surface area contributed by atoms with Gasteiger partial charge in [-0.05, 0) is 46.6 Å². The fraction of sp³-hybridized carbons (Fsp3) is 0.0625. The van der Waals surface area contributed by atoms with E-state index in [9.17, 15) is 0 Å². The van der Waals surface area contributed by atoms with Gasteiger partial charge in [-0.3, -0.25) is 0 Å². The van der Waals surface area contributed by atoms with Gasteiger partial charge in [-0.15, -0.1) is 0 Å². The molecule has 3 rings (SSSR count). The quantitative estimate of drug-likeness (QED) is 0.671. The molecule has 0 aliphatic rings. The molecule has 0 aliphatic heterocycles. The molecular weight excluding hydrogens is 352 g/mol. The highest BCUT2D eigenvalue weighted by atomic mass is 79.9. The molecule has 5 heteroatoms. The lowest BCUT2D eigenvalue weighted by Crippen LogP contribution is -1.89. The number of benzene rings is 2. The van der Waals surface area contributed by atoms with Gasteiger partial charge in [0.15, 0.2) is 11.6 Å². The summed E-state index contributed by atoms with van der Waals surface area (Å²) in [5.41, 5.74) is 9.73. The summed E-state index contributed by atoms with van der Waals surface area (Å²) in [7, 11) is 0. The molecule has 0 bridgehead atoms. The molecule has 0 unspecified atom stereocenters. The van der Waals surface area contributed by atoms with Crippen LogP contribution in [0.3, 0.4) is 0 Å². The van der Waals surface area contributed by atoms with Gasteiger partial charge < -0.3 is 10.3 Å². The smallest absolute Gasteiger partial charge is 0.176 e. The lowest BCUT2D eigenvalue weighted by molar-refractivity contribution is 0.436. The average molecular weight is 364 g/mol. The monoisotopic (exact) mass is 362 g/mol. The number of aromatic nitrogens is 1. The van der Waals surface area contributed by atoms with E-state index in [0.29, 0.717) is 16.6 Å². The summed E-state index contributed by atoms with van der Waals surface area (Å²) in [6.07, 6.45) is 0. The van der Waals surface area contributed by atoms with Gasteiger partial charge >= 0.3 is 0 Å². The molecule has 2 aromatic carbocycles. The molecule has 0 amide bonds. The molecule has 1 heterocycles. The van der Waals surface area contributed by atoms with Crippen LogP contribution in [0.4, 0.5) is 5.82 Å². The highest BCUT2D eigenvalue weighted by Gasteiger charge is 2.18. The predicted octanol–water partition coefficient (Wildman–Crippen LogP) is 5.32. The minimum Gasteiger partial charge on any atom is -0.380 e. The third kappa shape index (κ3) is 2.69. The summed E-state index contributed by atoms with van der Waals surface area (Å²) in [4.78, 5) is 0. The first-order valence-corrected chi connectivity index (χ1v) is 7.51. The molecule has 21 heavy (non-hydrogen) atoms. The maximum absolute atomic E-state index is 6.15. The predicted molar refractivity (Wildman–Crippen MR) is 89.2 cm³/mol. The number of hydrogen-bond donors (Lipinski definition) is 1. The first kappa shape index (κ1) is 14.2. The Morgan fingerprint density at radius 1 is 1.14 bits per heavy atom. The highest BCUT2D eigenvalue weighted by Crippen LogP contribution is 2.38. The molecule has 2 N–H and O–H groups in total. The highest BCUT2D eigenvalue weighted by molar-refractivity contribution is 9.10. The second-order valence-corrected chi connectivity index (χ2v) is 6.03. The number of anilines is 1. The fourth-order valence-electron chi connectivity index (χ4n) is 2.22. The van der Waals surface area contributed by atoms with Crippen molar-refractivity contribution in [3.05, 3.63) is 57.5 Å². The number of halogens is 2. The Morgan fingerprint density at radius 3 is 2.67 bits per heavy atom. The number of nitrogens with zero attached hydrogens (tertiary/aromatic N) is 1. The van der Waals surface area contributed by atoms with Crippen molar-refractivity contribution >= 4 is 33.3 Å². The first-order chi connectivity index (χ1) is 10.1. The third-order valence-electron chi connectivity index (χ3n) is 3.21. The van der Waals surface area contributed by atoms with E-state index in [1.54, 1.807) is 0 Å². The van der Waals surface area contributed by atoms with E-state index in [1.165, 1.54) is 0 Å². The van der Waals surface area contributed by atoms with Crippen molar-refractivity contribution in [1.82, 2.24) is 5.16 Å². The lowest BCUT2D eigenvalue weighted by Gasteiger charge is -2.05. The lowest BCUT2D eigenvalue weighted by atomic mass is 10.00. The van der Waals surface area contributed by atoms with Crippen molar-refractivity contribution in [2.24, 2.45) is 0 Å². The van der Waals surface area contributed by atoms with E-state index < -0.39 is 0 Å². The Labute approximate surface area is 135 Å². The number of hydrogen-bond acceptors (Lipinski definition) is 3. The number of rotatable bonds is 2. The van der Waals surface area contributed by atoms with E-state index >= 15 is 0 Å². The topological polar surface area (TPSA) is 52.0 Å². The average Bonchev–Trinajstić information content (AvgIpc) is 2.84. The van der Waals surface area contributed by atoms with Crippen LogP contribution in [0.5, 0.6) is 0 Å². The van der Waals surface area contributed by atoms with E-state index in [1.807, 2.05) is 49.4 Å². The van der Waals surface area contributed by atoms with Gasteiger partial charge in [-0.25, -0.2) is 0 Å². The van der Waals surface area contributed by atoms with Crippen LogP contribution in [0, 0.1) is 6.92 Å². The Hall–Kier alpha value is -1.78. The standard InChI is InChI=1S/C16H12BrClN2O/c1-9-3-2-4-10(7-9)14-15(21-20-16(14)19)11-5-6-12(17)13(18)8-11/h2-8H,1H3,(H2,19,20). The van der Waals surface area contributed by atoms with Gasteiger partial charge in [0.1, 0.15) is 0 Å². The van der Waals surface area contributed by atoms with E-state index in [2.05, 4.69) is 21.1 Å². The zero-order chi connectivity index (χ0) is 15.0. The molecule has 0 spiro atoms. The van der Waals surface area contributed by atoms with Crippen molar-refractivity contribution in [3.8, 4) is 22.5 Å². The van der Waals surface area contributed by atoms with Crippen molar-refractivity contribution in [3.63, 3.8) is 0 Å². The Kier molecular flexibility index (Phi) is 3.74. The van der Waals surface area contributed by atoms with Gasteiger partial charge in [0.05, 0.1) is 10.6 Å². The molecule has 0 aliphatic carbocycles. The molecule has 3 nitrogen and oxygen atoms in total. The zero-order valence-corrected chi connectivity index (χ0v) is 13.6. The van der Waals surface area contributed by atoms with Crippen LogP contribution in [-0.4, -0.2) is 5.16 Å². The minimum atomic E-state index is 0.370. The van der Waals surface area contributed by atoms with Crippen LogP contribution >= 0.6 is 27.5 Å². The molecule has 0 radical (unpaired) electrons. The SMILES string of the molecule is Cc1cccc(-c2c(N)noc2-c2ccc(Br)c(Cl)c2)c1. The maximum Gasteiger partial charge on any atom is 0.176 e. The summed E-state index contributed by atoms with van der Waals surface area (Å²) in [6, 6.07) is 13.7. The first-order valence-electron chi connectivity index (χ1n) is 6.34. The summed E-state index contributed by atoms with van der Waals surface area (Å²) < 4.78 is 6.25. The van der Waals surface area contributed by atoms with Crippen LogP contribution in [-0.2, 0) is 0 Å². The summed E-state index contributed by atoms with van der Waals surface area (Å²) in [6.45, 7) is 2.03. The normalized spacial score (nSPS) is 10.8. The van der Waals surface area contributed by atoms with Crippen molar-refractivity contribution in [2.45, 2.75) is 6.92 Å². The molecular formula is C16H12BrClN2O. The van der Waals surface area contributed by atoms with Crippen molar-refractivity contribution in [1.29, 1.82) is 0 Å². The molecule has 106 valence electrons. The third-order valence-corrected chi connectivity index (χ3v) is 4.44. The van der Waals surface area contributed by atoms with Crippen LogP contribution < -0.4 is 5.73 Å². The Balaban J connectivity index is 2.19. The molecule has 3 aromatic rings. The molecule has 0 atom stereocenters. The van der Waals surface area contributed by atoms with Gasteiger partial charge in [0.25, 0.3) is 0 Å². The largest absolute Gasteiger partial charge is 0.380 e. The Morgan fingerprint density at radius 2 is 1.95 bits per heavy atom. The number of nitrogens with two attached hydrogens (primary N) is 1. The summed E-state index contributed by atoms with van der Waals surface area (Å²) in [5.74, 6) is 0.988. The van der Waals surface area contributed by atoms with E-state index in [4.69, 9.17) is 21.9 Å². The van der Waals surface area contributed by atoms with Crippen molar-refractivity contribution < 1.29 is 4.52 Å². The van der Waals surface area contributed by atoms with Crippen molar-refractivity contribution in [2.75, 3.05) is 5.73 Å². The molecule has 0 saturated carbocycles. The van der Waals surface area contributed by atoms with Crippen LogP contribution in [0.1, 0.15) is 5.56 Å². The van der Waals surface area contributed by atoms with Gasteiger partial charge in [0, 0.05) is 10.0 Å². The van der Waals surface area contributed by atoms with Gasteiger partial charge in [-0.1, -0.05) is 46.6 Å². The second-order valence-electron chi connectivity index (χ2n) is 4.77. The molecule has 1 aromatic heterocycles. The van der Waals surface area contributed by atoms with Gasteiger partial charge in [0.2, 0.25) is 0 Å². The van der Waals surface area contributed by atoms with E-state index in [0.717, 1.165) is 26.7 Å². The minimum absolute atomic E-state index is 0.370. The maximum atomic E-state index is 6.15. The summed E-state index contributed by atoms with van der Waals surface area (Å²) >= 11 is 9.53.